The normalized spacial score (nSPS) is 12.1. The van der Waals surface area contributed by atoms with E-state index in [0.29, 0.717) is 23.2 Å². The van der Waals surface area contributed by atoms with Crippen LogP contribution in [0.2, 0.25) is 0 Å². The van der Waals surface area contributed by atoms with E-state index in [9.17, 15) is 18.0 Å². The third-order valence-corrected chi connectivity index (χ3v) is 3.91. The maximum Gasteiger partial charge on any atom is 0.417 e. The first-order valence-corrected chi connectivity index (χ1v) is 8.68. The number of rotatable bonds is 4. The van der Waals surface area contributed by atoms with Crippen LogP contribution < -0.4 is 5.32 Å². The third-order valence-electron chi connectivity index (χ3n) is 3.91. The third kappa shape index (κ3) is 4.87. The fourth-order valence-electron chi connectivity index (χ4n) is 2.78. The van der Waals surface area contributed by atoms with Gasteiger partial charge in [-0.25, -0.2) is 9.97 Å². The van der Waals surface area contributed by atoms with Crippen molar-refractivity contribution in [3.05, 3.63) is 71.2 Å². The molecule has 0 saturated carbocycles. The Morgan fingerprint density at radius 1 is 1.00 bits per heavy atom. The molecule has 2 heterocycles. The molecule has 6 nitrogen and oxygen atoms in total. The lowest BCUT2D eigenvalue weighted by Gasteiger charge is -2.12. The Bertz CT molecular complexity index is 1050. The maximum absolute atomic E-state index is 13.5. The van der Waals surface area contributed by atoms with Gasteiger partial charge in [0.05, 0.1) is 11.3 Å². The number of nitrogens with zero attached hydrogens (tertiary/aromatic N) is 4. The SMILES string of the molecule is Cc1cc(C)nc(-n2nc(C)cc2NC(=O)/C=C(/c2ccccc2)C(F)(F)F)n1. The number of carbonyl (C=O) groups is 1. The lowest BCUT2D eigenvalue weighted by atomic mass is 10.1. The molecule has 0 aliphatic rings. The van der Waals surface area contributed by atoms with Crippen LogP contribution in [0.3, 0.4) is 0 Å². The van der Waals surface area contributed by atoms with Crippen LogP contribution in [0.5, 0.6) is 0 Å². The molecular formula is C20H18F3N5O. The molecule has 0 bridgehead atoms. The Labute approximate surface area is 165 Å². The molecule has 3 aromatic rings. The van der Waals surface area contributed by atoms with Crippen LogP contribution in [-0.2, 0) is 4.79 Å². The zero-order chi connectivity index (χ0) is 21.2. The molecule has 1 amide bonds. The highest BCUT2D eigenvalue weighted by Crippen LogP contribution is 2.33. The number of nitrogens with one attached hydrogen (secondary N) is 1. The Hall–Kier alpha value is -3.49. The van der Waals surface area contributed by atoms with Crippen LogP contribution in [0.4, 0.5) is 19.0 Å². The van der Waals surface area contributed by atoms with E-state index < -0.39 is 17.7 Å². The first-order valence-electron chi connectivity index (χ1n) is 8.68. The predicted molar refractivity (Wildman–Crippen MR) is 102 cm³/mol. The average Bonchev–Trinajstić information content (AvgIpc) is 2.99. The Morgan fingerprint density at radius 3 is 2.21 bits per heavy atom. The number of carbonyl (C=O) groups excluding carboxylic acids is 1. The Morgan fingerprint density at radius 2 is 1.62 bits per heavy atom. The van der Waals surface area contributed by atoms with E-state index in [1.165, 1.54) is 35.0 Å². The summed E-state index contributed by atoms with van der Waals surface area (Å²) in [4.78, 5) is 21.0. The van der Waals surface area contributed by atoms with E-state index in [4.69, 9.17) is 0 Å². The second-order valence-electron chi connectivity index (χ2n) is 6.44. The molecule has 0 aliphatic carbocycles. The smallest absolute Gasteiger partial charge is 0.307 e. The largest absolute Gasteiger partial charge is 0.417 e. The van der Waals surface area contributed by atoms with Crippen LogP contribution in [-0.4, -0.2) is 31.8 Å². The number of anilines is 1. The fraction of sp³-hybridized carbons (Fsp3) is 0.200. The van der Waals surface area contributed by atoms with E-state index in [0.717, 1.165) is 0 Å². The minimum atomic E-state index is -4.69. The van der Waals surface area contributed by atoms with Crippen molar-refractivity contribution in [2.45, 2.75) is 26.9 Å². The van der Waals surface area contributed by atoms with Gasteiger partial charge in [-0.1, -0.05) is 30.3 Å². The van der Waals surface area contributed by atoms with Gasteiger partial charge in [-0.2, -0.15) is 23.0 Å². The minimum Gasteiger partial charge on any atom is -0.307 e. The summed E-state index contributed by atoms with van der Waals surface area (Å²) in [5.41, 5.74) is 0.798. The molecule has 1 aromatic carbocycles. The number of hydrogen-bond donors (Lipinski definition) is 1. The molecule has 0 saturated heterocycles. The number of aromatic nitrogens is 4. The van der Waals surface area contributed by atoms with E-state index in [1.807, 2.05) is 0 Å². The van der Waals surface area contributed by atoms with Crippen LogP contribution >= 0.6 is 0 Å². The van der Waals surface area contributed by atoms with Gasteiger partial charge in [0.1, 0.15) is 5.82 Å². The van der Waals surface area contributed by atoms with Crippen LogP contribution in [0.25, 0.3) is 11.5 Å². The van der Waals surface area contributed by atoms with Gasteiger partial charge < -0.3 is 5.32 Å². The molecule has 3 rings (SSSR count). The molecule has 2 aromatic heterocycles. The first-order chi connectivity index (χ1) is 13.6. The molecule has 29 heavy (non-hydrogen) atoms. The Balaban J connectivity index is 1.96. The van der Waals surface area contributed by atoms with Crippen molar-refractivity contribution in [3.8, 4) is 5.95 Å². The average molecular weight is 401 g/mol. The lowest BCUT2D eigenvalue weighted by Crippen LogP contribution is -2.18. The van der Waals surface area contributed by atoms with Gasteiger partial charge in [-0.05, 0) is 32.4 Å². The lowest BCUT2D eigenvalue weighted by molar-refractivity contribution is -0.112. The number of amides is 1. The minimum absolute atomic E-state index is 0.0996. The second-order valence-corrected chi connectivity index (χ2v) is 6.44. The monoisotopic (exact) mass is 401 g/mol. The van der Waals surface area contributed by atoms with Crippen LogP contribution in [0.15, 0.2) is 48.5 Å². The van der Waals surface area contributed by atoms with Crippen LogP contribution in [0.1, 0.15) is 22.6 Å². The molecule has 0 aliphatic heterocycles. The molecule has 150 valence electrons. The van der Waals surface area contributed by atoms with Crippen molar-refractivity contribution in [1.82, 2.24) is 19.7 Å². The van der Waals surface area contributed by atoms with Gasteiger partial charge in [0.25, 0.3) is 5.95 Å². The Kier molecular flexibility index (Phi) is 5.49. The van der Waals surface area contributed by atoms with Crippen LogP contribution in [0, 0.1) is 20.8 Å². The van der Waals surface area contributed by atoms with Crippen molar-refractivity contribution in [1.29, 1.82) is 0 Å². The molecular weight excluding hydrogens is 383 g/mol. The van der Waals surface area contributed by atoms with Gasteiger partial charge in [-0.15, -0.1) is 0 Å². The summed E-state index contributed by atoms with van der Waals surface area (Å²) in [6.07, 6.45) is -4.16. The zero-order valence-electron chi connectivity index (χ0n) is 15.9. The zero-order valence-corrected chi connectivity index (χ0v) is 15.9. The number of halogens is 3. The second kappa shape index (κ2) is 7.86. The van der Waals surface area contributed by atoms with Gasteiger partial charge in [0, 0.05) is 23.5 Å². The highest BCUT2D eigenvalue weighted by molar-refractivity contribution is 6.04. The number of aryl methyl sites for hydroxylation is 3. The summed E-state index contributed by atoms with van der Waals surface area (Å²) in [6, 6.07) is 10.4. The first kappa shape index (κ1) is 20.2. The topological polar surface area (TPSA) is 72.7 Å². The summed E-state index contributed by atoms with van der Waals surface area (Å²) >= 11 is 0. The van der Waals surface area contributed by atoms with Crippen molar-refractivity contribution in [2.24, 2.45) is 0 Å². The van der Waals surface area contributed by atoms with Gasteiger partial charge in [-0.3, -0.25) is 4.79 Å². The van der Waals surface area contributed by atoms with Crippen molar-refractivity contribution in [2.75, 3.05) is 5.32 Å². The number of allylic oxidation sites excluding steroid dienone is 1. The van der Waals surface area contributed by atoms with Crippen molar-refractivity contribution < 1.29 is 18.0 Å². The van der Waals surface area contributed by atoms with Gasteiger partial charge in [0.15, 0.2) is 0 Å². The van der Waals surface area contributed by atoms with Crippen molar-refractivity contribution in [3.63, 3.8) is 0 Å². The van der Waals surface area contributed by atoms with Gasteiger partial charge in [0.2, 0.25) is 5.91 Å². The standard InChI is InChI=1S/C20H18F3N5O/c1-12-9-13(2)25-19(24-12)28-17(10-14(3)27-28)26-18(29)11-16(20(21,22)23)15-7-5-4-6-8-15/h4-11H,1-3H3,(H,26,29)/b16-11-. The summed E-state index contributed by atoms with van der Waals surface area (Å²) in [7, 11) is 0. The molecule has 0 radical (unpaired) electrons. The summed E-state index contributed by atoms with van der Waals surface area (Å²) in [6.45, 7) is 5.26. The van der Waals surface area contributed by atoms with E-state index in [-0.39, 0.29) is 17.3 Å². The molecule has 9 heteroatoms. The predicted octanol–water partition coefficient (Wildman–Crippen LogP) is 4.17. The summed E-state index contributed by atoms with van der Waals surface area (Å²) in [5, 5.41) is 6.68. The highest BCUT2D eigenvalue weighted by Gasteiger charge is 2.35. The number of hydrogen-bond acceptors (Lipinski definition) is 4. The number of benzene rings is 1. The molecule has 0 spiro atoms. The molecule has 0 fully saturated rings. The van der Waals surface area contributed by atoms with Gasteiger partial charge >= 0.3 is 6.18 Å². The number of alkyl halides is 3. The van der Waals surface area contributed by atoms with Crippen molar-refractivity contribution >= 4 is 17.3 Å². The molecule has 0 atom stereocenters. The summed E-state index contributed by atoms with van der Waals surface area (Å²) < 4.78 is 41.7. The van der Waals surface area contributed by atoms with E-state index in [2.05, 4.69) is 20.4 Å². The highest BCUT2D eigenvalue weighted by atomic mass is 19.4. The maximum atomic E-state index is 13.5. The van der Waals surface area contributed by atoms with E-state index >= 15 is 0 Å². The van der Waals surface area contributed by atoms with E-state index in [1.54, 1.807) is 32.9 Å². The fourth-order valence-corrected chi connectivity index (χ4v) is 2.78. The summed E-state index contributed by atoms with van der Waals surface area (Å²) in [5.74, 6) is -0.552. The molecule has 1 N–H and O–H groups in total. The quantitative estimate of drug-likeness (QED) is 0.666. The molecule has 0 unspecified atom stereocenters.